The van der Waals surface area contributed by atoms with E-state index in [0.29, 0.717) is 19.0 Å². The Hall–Kier alpha value is -1.55. The Balaban J connectivity index is 1.64. The number of hydrogen-bond acceptors (Lipinski definition) is 3. The molecular formula is C15H20O4. The van der Waals surface area contributed by atoms with Crippen molar-refractivity contribution >= 4 is 5.97 Å². The molecule has 1 aromatic carbocycles. The van der Waals surface area contributed by atoms with Crippen LogP contribution in [0.15, 0.2) is 24.3 Å². The molecule has 4 nitrogen and oxygen atoms in total. The lowest BCUT2D eigenvalue weighted by Gasteiger charge is -2.11. The van der Waals surface area contributed by atoms with Gasteiger partial charge in [-0.05, 0) is 37.0 Å². The minimum Gasteiger partial charge on any atom is -0.491 e. The summed E-state index contributed by atoms with van der Waals surface area (Å²) in [5, 5.41) is 8.86. The Labute approximate surface area is 113 Å². The van der Waals surface area contributed by atoms with Gasteiger partial charge in [-0.15, -0.1) is 0 Å². The predicted molar refractivity (Wildman–Crippen MR) is 71.7 cm³/mol. The highest BCUT2D eigenvalue weighted by Gasteiger charge is 2.14. The van der Waals surface area contributed by atoms with Crippen molar-refractivity contribution in [1.29, 1.82) is 0 Å². The van der Waals surface area contributed by atoms with Crippen LogP contribution in [0, 0.1) is 5.92 Å². The van der Waals surface area contributed by atoms with Crippen LogP contribution in [-0.4, -0.2) is 30.9 Å². The molecule has 1 aromatic rings. The third-order valence-corrected chi connectivity index (χ3v) is 3.41. The molecule has 0 saturated heterocycles. The van der Waals surface area contributed by atoms with Gasteiger partial charge in [0.2, 0.25) is 0 Å². The normalized spacial score (nSPS) is 15.6. The molecule has 1 fully saturated rings. The molecule has 0 bridgehead atoms. The summed E-state index contributed by atoms with van der Waals surface area (Å²) >= 11 is 0. The van der Waals surface area contributed by atoms with Crippen molar-refractivity contribution < 1.29 is 19.4 Å². The molecule has 2 rings (SSSR count). The van der Waals surface area contributed by atoms with E-state index in [1.165, 1.54) is 31.7 Å². The second kappa shape index (κ2) is 7.14. The summed E-state index contributed by atoms with van der Waals surface area (Å²) in [5.41, 5.74) is 0.240. The number of benzene rings is 1. The number of carboxylic acid groups (broad SMARTS) is 1. The first-order chi connectivity index (χ1) is 9.25. The zero-order valence-corrected chi connectivity index (χ0v) is 11.0. The Morgan fingerprint density at radius 3 is 2.79 bits per heavy atom. The summed E-state index contributed by atoms with van der Waals surface area (Å²) in [6.07, 6.45) is 5.21. The van der Waals surface area contributed by atoms with Crippen LogP contribution in [0.2, 0.25) is 0 Å². The lowest BCUT2D eigenvalue weighted by Crippen LogP contribution is -2.11. The first-order valence-corrected chi connectivity index (χ1v) is 6.79. The number of aromatic carboxylic acids is 1. The first-order valence-electron chi connectivity index (χ1n) is 6.79. The number of carboxylic acids is 1. The van der Waals surface area contributed by atoms with E-state index >= 15 is 0 Å². The molecule has 0 heterocycles. The van der Waals surface area contributed by atoms with Crippen LogP contribution in [0.5, 0.6) is 5.75 Å². The molecule has 1 saturated carbocycles. The maximum absolute atomic E-state index is 10.8. The number of carbonyl (C=O) groups is 1. The van der Waals surface area contributed by atoms with Gasteiger partial charge in [-0.2, -0.15) is 0 Å². The molecule has 0 aromatic heterocycles. The van der Waals surface area contributed by atoms with Gasteiger partial charge in [-0.1, -0.05) is 18.9 Å². The maximum atomic E-state index is 10.8. The van der Waals surface area contributed by atoms with Crippen molar-refractivity contribution in [2.75, 3.05) is 19.8 Å². The fourth-order valence-electron chi connectivity index (χ4n) is 2.36. The number of ether oxygens (including phenoxy) is 2. The summed E-state index contributed by atoms with van der Waals surface area (Å²) < 4.78 is 11.0. The van der Waals surface area contributed by atoms with Gasteiger partial charge in [0.15, 0.2) is 0 Å². The van der Waals surface area contributed by atoms with Crippen molar-refractivity contribution in [3.05, 3.63) is 29.8 Å². The summed E-state index contributed by atoms with van der Waals surface area (Å²) in [6.45, 7) is 1.82. The molecule has 0 aliphatic heterocycles. The third kappa shape index (κ3) is 4.56. The van der Waals surface area contributed by atoms with Crippen molar-refractivity contribution in [2.24, 2.45) is 5.92 Å². The molecule has 1 aliphatic carbocycles. The average molecular weight is 264 g/mol. The zero-order valence-electron chi connectivity index (χ0n) is 11.0. The molecule has 19 heavy (non-hydrogen) atoms. The second-order valence-electron chi connectivity index (χ2n) is 4.91. The van der Waals surface area contributed by atoms with Crippen LogP contribution in [0.25, 0.3) is 0 Å². The average Bonchev–Trinajstić information content (AvgIpc) is 2.92. The van der Waals surface area contributed by atoms with E-state index < -0.39 is 5.97 Å². The SMILES string of the molecule is O=C(O)c1cccc(OCCOCC2CCCC2)c1. The molecule has 1 N–H and O–H groups in total. The molecule has 0 radical (unpaired) electrons. The highest BCUT2D eigenvalue weighted by Crippen LogP contribution is 2.24. The fourth-order valence-corrected chi connectivity index (χ4v) is 2.36. The quantitative estimate of drug-likeness (QED) is 0.769. The highest BCUT2D eigenvalue weighted by atomic mass is 16.5. The van der Waals surface area contributed by atoms with Gasteiger partial charge in [-0.25, -0.2) is 4.79 Å². The van der Waals surface area contributed by atoms with E-state index in [2.05, 4.69) is 0 Å². The summed E-state index contributed by atoms with van der Waals surface area (Å²) in [7, 11) is 0. The van der Waals surface area contributed by atoms with Gasteiger partial charge in [0, 0.05) is 6.61 Å². The maximum Gasteiger partial charge on any atom is 0.335 e. The smallest absolute Gasteiger partial charge is 0.335 e. The summed E-state index contributed by atoms with van der Waals surface area (Å²) in [4.78, 5) is 10.8. The number of rotatable bonds is 7. The Morgan fingerprint density at radius 1 is 1.26 bits per heavy atom. The lowest BCUT2D eigenvalue weighted by molar-refractivity contribution is 0.0694. The van der Waals surface area contributed by atoms with Crippen molar-refractivity contribution in [3.8, 4) is 5.75 Å². The van der Waals surface area contributed by atoms with Gasteiger partial charge in [0.05, 0.1) is 12.2 Å². The van der Waals surface area contributed by atoms with Gasteiger partial charge in [0.25, 0.3) is 0 Å². The molecule has 104 valence electrons. The van der Waals surface area contributed by atoms with Crippen LogP contribution >= 0.6 is 0 Å². The predicted octanol–water partition coefficient (Wildman–Crippen LogP) is 2.97. The third-order valence-electron chi connectivity index (χ3n) is 3.41. The first kappa shape index (κ1) is 13.9. The highest BCUT2D eigenvalue weighted by molar-refractivity contribution is 5.87. The lowest BCUT2D eigenvalue weighted by atomic mass is 10.1. The monoisotopic (exact) mass is 264 g/mol. The van der Waals surface area contributed by atoms with E-state index in [1.54, 1.807) is 18.2 Å². The molecule has 4 heteroatoms. The van der Waals surface area contributed by atoms with Crippen molar-refractivity contribution in [2.45, 2.75) is 25.7 Å². The minimum atomic E-state index is -0.942. The van der Waals surface area contributed by atoms with Crippen molar-refractivity contribution in [3.63, 3.8) is 0 Å². The van der Waals surface area contributed by atoms with Gasteiger partial charge < -0.3 is 14.6 Å². The fraction of sp³-hybridized carbons (Fsp3) is 0.533. The molecular weight excluding hydrogens is 244 g/mol. The van der Waals surface area contributed by atoms with Crippen LogP contribution in [0.3, 0.4) is 0 Å². The summed E-state index contributed by atoms with van der Waals surface area (Å²) in [6, 6.07) is 6.51. The zero-order chi connectivity index (χ0) is 13.5. The van der Waals surface area contributed by atoms with E-state index in [4.69, 9.17) is 14.6 Å². The molecule has 0 amide bonds. The molecule has 0 spiro atoms. The van der Waals surface area contributed by atoms with Crippen LogP contribution in [0.1, 0.15) is 36.0 Å². The number of hydrogen-bond donors (Lipinski definition) is 1. The van der Waals surface area contributed by atoms with Gasteiger partial charge >= 0.3 is 5.97 Å². The topological polar surface area (TPSA) is 55.8 Å². The Kier molecular flexibility index (Phi) is 5.21. The van der Waals surface area contributed by atoms with Crippen LogP contribution < -0.4 is 4.74 Å². The molecule has 0 unspecified atom stereocenters. The van der Waals surface area contributed by atoms with Crippen LogP contribution in [0.4, 0.5) is 0 Å². The second-order valence-corrected chi connectivity index (χ2v) is 4.91. The van der Waals surface area contributed by atoms with E-state index in [9.17, 15) is 4.79 Å². The van der Waals surface area contributed by atoms with Crippen LogP contribution in [-0.2, 0) is 4.74 Å². The Bertz CT molecular complexity index is 410. The standard InChI is InChI=1S/C15H20O4/c16-15(17)13-6-3-7-14(10-13)19-9-8-18-11-12-4-1-2-5-12/h3,6-7,10,12H,1-2,4-5,8-9,11H2,(H,16,17). The van der Waals surface area contributed by atoms with Gasteiger partial charge in [0.1, 0.15) is 12.4 Å². The molecule has 1 aliphatic rings. The minimum absolute atomic E-state index is 0.240. The van der Waals surface area contributed by atoms with E-state index in [1.807, 2.05) is 0 Å². The van der Waals surface area contributed by atoms with E-state index in [0.717, 1.165) is 12.5 Å². The van der Waals surface area contributed by atoms with E-state index in [-0.39, 0.29) is 5.56 Å². The van der Waals surface area contributed by atoms with Gasteiger partial charge in [-0.3, -0.25) is 0 Å². The largest absolute Gasteiger partial charge is 0.491 e. The summed E-state index contributed by atoms with van der Waals surface area (Å²) in [5.74, 6) is 0.350. The van der Waals surface area contributed by atoms with Crippen molar-refractivity contribution in [1.82, 2.24) is 0 Å². The Morgan fingerprint density at radius 2 is 2.05 bits per heavy atom. The molecule has 0 atom stereocenters.